The van der Waals surface area contributed by atoms with Crippen LogP contribution in [0.3, 0.4) is 0 Å². The number of nitrogens with one attached hydrogen (secondary N) is 1. The second-order valence-corrected chi connectivity index (χ2v) is 2.87. The minimum atomic E-state index is -0.142. The Balaban J connectivity index is 1.81. The lowest BCUT2D eigenvalue weighted by Crippen LogP contribution is -2.20. The Morgan fingerprint density at radius 3 is 2.78 bits per heavy atom. The van der Waals surface area contributed by atoms with Crippen LogP contribution in [0.1, 0.15) is 26.2 Å². The summed E-state index contributed by atoms with van der Waals surface area (Å²) in [5.74, 6) is 0. The summed E-state index contributed by atoms with van der Waals surface area (Å²) in [5, 5.41) is 12.2. The molecule has 2 nitrogen and oxygen atoms in total. The van der Waals surface area contributed by atoms with Crippen molar-refractivity contribution in [2.75, 3.05) is 6.54 Å². The number of rotatable bonds is 4. The highest BCUT2D eigenvalue weighted by Gasteiger charge is 2.19. The maximum absolute atomic E-state index is 8.85. The van der Waals surface area contributed by atoms with Crippen molar-refractivity contribution in [3.8, 4) is 0 Å². The van der Waals surface area contributed by atoms with Gasteiger partial charge in [0.15, 0.2) is 0 Å². The van der Waals surface area contributed by atoms with E-state index in [0.717, 1.165) is 19.0 Å². The zero-order chi connectivity index (χ0) is 6.69. The molecule has 9 heavy (non-hydrogen) atoms. The van der Waals surface area contributed by atoms with Gasteiger partial charge in [0.1, 0.15) is 0 Å². The van der Waals surface area contributed by atoms with E-state index in [-0.39, 0.29) is 6.10 Å². The van der Waals surface area contributed by atoms with Crippen LogP contribution in [0.2, 0.25) is 0 Å². The highest BCUT2D eigenvalue weighted by Crippen LogP contribution is 2.18. The van der Waals surface area contributed by atoms with Crippen LogP contribution in [-0.2, 0) is 0 Å². The van der Waals surface area contributed by atoms with E-state index in [9.17, 15) is 0 Å². The molecule has 0 aromatic rings. The molecule has 2 heteroatoms. The predicted molar refractivity (Wildman–Crippen MR) is 37.3 cm³/mol. The van der Waals surface area contributed by atoms with Crippen molar-refractivity contribution < 1.29 is 5.11 Å². The van der Waals surface area contributed by atoms with Crippen molar-refractivity contribution in [2.24, 2.45) is 0 Å². The SMILES string of the molecule is C[C@@H](O)CCNC1CC1. The lowest BCUT2D eigenvalue weighted by molar-refractivity contribution is 0.183. The van der Waals surface area contributed by atoms with Crippen LogP contribution in [0.25, 0.3) is 0 Å². The van der Waals surface area contributed by atoms with Crippen molar-refractivity contribution >= 4 is 0 Å². The fraction of sp³-hybridized carbons (Fsp3) is 1.00. The quantitative estimate of drug-likeness (QED) is 0.579. The van der Waals surface area contributed by atoms with E-state index in [2.05, 4.69) is 5.32 Å². The van der Waals surface area contributed by atoms with Crippen LogP contribution in [0, 0.1) is 0 Å². The van der Waals surface area contributed by atoms with Gasteiger partial charge in [-0.3, -0.25) is 0 Å². The van der Waals surface area contributed by atoms with E-state index in [4.69, 9.17) is 5.11 Å². The predicted octanol–water partition coefficient (Wildman–Crippen LogP) is 0.509. The van der Waals surface area contributed by atoms with Crippen molar-refractivity contribution in [1.29, 1.82) is 0 Å². The van der Waals surface area contributed by atoms with Gasteiger partial charge in [-0.2, -0.15) is 0 Å². The smallest absolute Gasteiger partial charge is 0.0524 e. The third-order valence-corrected chi connectivity index (χ3v) is 1.57. The molecule has 0 saturated heterocycles. The van der Waals surface area contributed by atoms with Crippen molar-refractivity contribution in [3.63, 3.8) is 0 Å². The van der Waals surface area contributed by atoms with Gasteiger partial charge in [0.2, 0.25) is 0 Å². The van der Waals surface area contributed by atoms with E-state index in [0.29, 0.717) is 0 Å². The molecule has 0 heterocycles. The first-order chi connectivity index (χ1) is 4.29. The van der Waals surface area contributed by atoms with Crippen molar-refractivity contribution in [2.45, 2.75) is 38.3 Å². The maximum Gasteiger partial charge on any atom is 0.0524 e. The normalized spacial score (nSPS) is 22.0. The molecule has 0 spiro atoms. The van der Waals surface area contributed by atoms with Gasteiger partial charge in [-0.1, -0.05) is 0 Å². The molecule has 1 aliphatic rings. The van der Waals surface area contributed by atoms with Gasteiger partial charge in [-0.25, -0.2) is 0 Å². The van der Waals surface area contributed by atoms with Gasteiger partial charge >= 0.3 is 0 Å². The molecule has 0 aromatic heterocycles. The van der Waals surface area contributed by atoms with E-state index in [1.54, 1.807) is 0 Å². The third kappa shape index (κ3) is 3.49. The van der Waals surface area contributed by atoms with Crippen LogP contribution in [0.5, 0.6) is 0 Å². The van der Waals surface area contributed by atoms with Gasteiger partial charge in [0.05, 0.1) is 6.10 Å². The Morgan fingerprint density at radius 2 is 2.33 bits per heavy atom. The van der Waals surface area contributed by atoms with E-state index in [1.807, 2.05) is 6.92 Å². The minimum Gasteiger partial charge on any atom is -0.393 e. The standard InChI is InChI=1S/C7H15NO/c1-6(9)4-5-8-7-2-3-7/h6-9H,2-5H2,1H3/t6-/m1/s1. The van der Waals surface area contributed by atoms with E-state index < -0.39 is 0 Å². The minimum absolute atomic E-state index is 0.142. The van der Waals surface area contributed by atoms with Crippen LogP contribution in [0.15, 0.2) is 0 Å². The van der Waals surface area contributed by atoms with Gasteiger partial charge in [-0.05, 0) is 32.7 Å². The molecule has 0 radical (unpaired) electrons. The average molecular weight is 129 g/mol. The first-order valence-corrected chi connectivity index (χ1v) is 3.70. The number of aliphatic hydroxyl groups excluding tert-OH is 1. The summed E-state index contributed by atoms with van der Waals surface area (Å²) >= 11 is 0. The van der Waals surface area contributed by atoms with E-state index in [1.165, 1.54) is 12.8 Å². The van der Waals surface area contributed by atoms with Gasteiger partial charge in [0.25, 0.3) is 0 Å². The Morgan fingerprint density at radius 1 is 1.67 bits per heavy atom. The van der Waals surface area contributed by atoms with Crippen LogP contribution >= 0.6 is 0 Å². The number of hydrogen-bond acceptors (Lipinski definition) is 2. The second kappa shape index (κ2) is 3.18. The van der Waals surface area contributed by atoms with Crippen LogP contribution in [0.4, 0.5) is 0 Å². The Kier molecular flexibility index (Phi) is 2.49. The lowest BCUT2D eigenvalue weighted by Gasteiger charge is -2.03. The molecular weight excluding hydrogens is 114 g/mol. The Hall–Kier alpha value is -0.0800. The number of aliphatic hydroxyl groups is 1. The highest BCUT2D eigenvalue weighted by atomic mass is 16.3. The molecule has 1 saturated carbocycles. The van der Waals surface area contributed by atoms with Gasteiger partial charge in [-0.15, -0.1) is 0 Å². The largest absolute Gasteiger partial charge is 0.393 e. The third-order valence-electron chi connectivity index (χ3n) is 1.57. The molecular formula is C7H15NO. The molecule has 0 bridgehead atoms. The molecule has 0 aliphatic heterocycles. The molecule has 0 unspecified atom stereocenters. The van der Waals surface area contributed by atoms with Crippen LogP contribution in [-0.4, -0.2) is 23.8 Å². The Labute approximate surface area is 56.3 Å². The fourth-order valence-corrected chi connectivity index (χ4v) is 0.784. The topological polar surface area (TPSA) is 32.3 Å². The molecule has 1 fully saturated rings. The summed E-state index contributed by atoms with van der Waals surface area (Å²) in [6, 6.07) is 0.781. The number of hydrogen-bond donors (Lipinski definition) is 2. The summed E-state index contributed by atoms with van der Waals surface area (Å²) in [6.07, 6.45) is 3.41. The molecule has 2 N–H and O–H groups in total. The summed E-state index contributed by atoms with van der Waals surface area (Å²) in [5.41, 5.74) is 0. The lowest BCUT2D eigenvalue weighted by atomic mass is 10.3. The highest BCUT2D eigenvalue weighted by molar-refractivity contribution is 4.80. The second-order valence-electron chi connectivity index (χ2n) is 2.87. The van der Waals surface area contributed by atoms with Crippen LogP contribution < -0.4 is 5.32 Å². The van der Waals surface area contributed by atoms with Crippen molar-refractivity contribution in [3.05, 3.63) is 0 Å². The first kappa shape index (κ1) is 7.03. The summed E-state index contributed by atoms with van der Waals surface area (Å²) < 4.78 is 0. The Bertz CT molecular complexity index is 77.0. The summed E-state index contributed by atoms with van der Waals surface area (Å²) in [6.45, 7) is 2.80. The molecule has 1 aliphatic carbocycles. The average Bonchev–Trinajstić information content (AvgIpc) is 2.48. The zero-order valence-corrected chi connectivity index (χ0v) is 5.93. The molecule has 0 amide bonds. The maximum atomic E-state index is 8.85. The van der Waals surface area contributed by atoms with Gasteiger partial charge < -0.3 is 10.4 Å². The summed E-state index contributed by atoms with van der Waals surface area (Å²) in [4.78, 5) is 0. The first-order valence-electron chi connectivity index (χ1n) is 3.70. The molecule has 1 atom stereocenters. The monoisotopic (exact) mass is 129 g/mol. The van der Waals surface area contributed by atoms with E-state index >= 15 is 0 Å². The van der Waals surface area contributed by atoms with Gasteiger partial charge in [0, 0.05) is 6.04 Å². The molecule has 1 rings (SSSR count). The zero-order valence-electron chi connectivity index (χ0n) is 5.93. The fourth-order valence-electron chi connectivity index (χ4n) is 0.784. The molecule has 54 valence electrons. The summed E-state index contributed by atoms with van der Waals surface area (Å²) in [7, 11) is 0. The molecule has 0 aromatic carbocycles. The van der Waals surface area contributed by atoms with Crippen molar-refractivity contribution in [1.82, 2.24) is 5.32 Å².